The Bertz CT molecular complexity index is 737. The summed E-state index contributed by atoms with van der Waals surface area (Å²) in [6, 6.07) is 5.78. The second-order valence-electron chi connectivity index (χ2n) is 4.05. The van der Waals surface area contributed by atoms with E-state index in [1.54, 1.807) is 6.20 Å². The molecular weight excluding hydrogens is 294 g/mol. The monoisotopic (exact) mass is 301 g/mol. The quantitative estimate of drug-likeness (QED) is 0.823. The molecule has 3 rings (SSSR count). The fraction of sp³-hybridized carbons (Fsp3) is 0. The van der Waals surface area contributed by atoms with Crippen LogP contribution in [0.2, 0.25) is 0 Å². The Kier molecular flexibility index (Phi) is 2.52. The standard InChI is InChI=1S/C14H8BrNO2/c15-8-1-3-13-10(5-8)12(7-16-13)11-6-9(17)2-4-14(11)18/h1-7,16H. The molecule has 0 amide bonds. The Balaban J connectivity index is 2.23. The minimum atomic E-state index is -0.158. The van der Waals surface area contributed by atoms with Gasteiger partial charge < -0.3 is 4.98 Å². The number of allylic oxidation sites excluding steroid dienone is 4. The number of aromatic nitrogens is 1. The summed E-state index contributed by atoms with van der Waals surface area (Å²) in [5.74, 6) is -0.301. The van der Waals surface area contributed by atoms with Crippen molar-refractivity contribution in [1.29, 1.82) is 0 Å². The van der Waals surface area contributed by atoms with Gasteiger partial charge in [-0.25, -0.2) is 0 Å². The van der Waals surface area contributed by atoms with Gasteiger partial charge in [0.15, 0.2) is 11.6 Å². The summed E-state index contributed by atoms with van der Waals surface area (Å²) in [4.78, 5) is 26.3. The van der Waals surface area contributed by atoms with Crippen LogP contribution in [0.25, 0.3) is 16.5 Å². The summed E-state index contributed by atoms with van der Waals surface area (Å²) in [5.41, 5.74) is 2.13. The van der Waals surface area contributed by atoms with E-state index in [0.29, 0.717) is 5.57 Å². The highest BCUT2D eigenvalue weighted by atomic mass is 79.9. The lowest BCUT2D eigenvalue weighted by Gasteiger charge is -2.05. The largest absolute Gasteiger partial charge is 0.361 e. The fourth-order valence-corrected chi connectivity index (χ4v) is 2.40. The minimum Gasteiger partial charge on any atom is -0.361 e. The van der Waals surface area contributed by atoms with Crippen LogP contribution in [0, 0.1) is 0 Å². The van der Waals surface area contributed by atoms with E-state index in [-0.39, 0.29) is 11.6 Å². The number of carbonyl (C=O) groups is 2. The summed E-state index contributed by atoms with van der Waals surface area (Å²) in [5, 5.41) is 0.923. The summed E-state index contributed by atoms with van der Waals surface area (Å²) < 4.78 is 0.932. The Morgan fingerprint density at radius 3 is 2.78 bits per heavy atom. The van der Waals surface area contributed by atoms with Crippen molar-refractivity contribution in [1.82, 2.24) is 4.98 Å². The Morgan fingerprint density at radius 1 is 1.11 bits per heavy atom. The average Bonchev–Trinajstić information content (AvgIpc) is 2.75. The van der Waals surface area contributed by atoms with E-state index in [4.69, 9.17) is 0 Å². The first-order valence-corrected chi connectivity index (χ1v) is 6.19. The van der Waals surface area contributed by atoms with Crippen LogP contribution in [0.1, 0.15) is 5.56 Å². The van der Waals surface area contributed by atoms with E-state index in [0.717, 1.165) is 20.9 Å². The molecule has 1 N–H and O–H groups in total. The van der Waals surface area contributed by atoms with E-state index in [9.17, 15) is 9.59 Å². The van der Waals surface area contributed by atoms with Crippen LogP contribution < -0.4 is 0 Å². The predicted molar refractivity (Wildman–Crippen MR) is 73.1 cm³/mol. The molecule has 3 nitrogen and oxygen atoms in total. The van der Waals surface area contributed by atoms with E-state index in [2.05, 4.69) is 20.9 Å². The van der Waals surface area contributed by atoms with Crippen molar-refractivity contribution in [2.45, 2.75) is 0 Å². The number of benzene rings is 1. The summed E-state index contributed by atoms with van der Waals surface area (Å²) in [6.07, 6.45) is 5.74. The highest BCUT2D eigenvalue weighted by Gasteiger charge is 2.18. The van der Waals surface area contributed by atoms with Gasteiger partial charge in [0, 0.05) is 32.7 Å². The molecule has 18 heavy (non-hydrogen) atoms. The van der Waals surface area contributed by atoms with Gasteiger partial charge in [0.25, 0.3) is 0 Å². The van der Waals surface area contributed by atoms with Gasteiger partial charge in [0.05, 0.1) is 0 Å². The topological polar surface area (TPSA) is 49.9 Å². The second-order valence-corrected chi connectivity index (χ2v) is 4.97. The number of H-pyrrole nitrogens is 1. The van der Waals surface area contributed by atoms with Crippen molar-refractivity contribution in [3.05, 3.63) is 52.7 Å². The molecule has 0 radical (unpaired) electrons. The van der Waals surface area contributed by atoms with Crippen LogP contribution in [0.5, 0.6) is 0 Å². The zero-order valence-electron chi connectivity index (χ0n) is 9.24. The van der Waals surface area contributed by atoms with Gasteiger partial charge in [0.1, 0.15) is 0 Å². The highest BCUT2D eigenvalue weighted by molar-refractivity contribution is 9.10. The molecule has 1 aromatic carbocycles. The van der Waals surface area contributed by atoms with Gasteiger partial charge in [-0.15, -0.1) is 0 Å². The van der Waals surface area contributed by atoms with E-state index in [1.807, 2.05) is 18.2 Å². The number of ketones is 2. The second kappa shape index (κ2) is 4.07. The molecular formula is C14H8BrNO2. The normalized spacial score (nSPS) is 15.3. The van der Waals surface area contributed by atoms with Crippen LogP contribution >= 0.6 is 15.9 Å². The molecule has 4 heteroatoms. The molecule has 88 valence electrons. The molecule has 0 saturated carbocycles. The van der Waals surface area contributed by atoms with Crippen LogP contribution in [0.15, 0.2) is 47.1 Å². The van der Waals surface area contributed by atoms with E-state index < -0.39 is 0 Å². The molecule has 0 saturated heterocycles. The number of hydrogen-bond acceptors (Lipinski definition) is 2. The van der Waals surface area contributed by atoms with Crippen molar-refractivity contribution in [2.24, 2.45) is 0 Å². The maximum Gasteiger partial charge on any atom is 0.186 e. The molecule has 0 unspecified atom stereocenters. The molecule has 0 spiro atoms. The molecule has 0 fully saturated rings. The lowest BCUT2D eigenvalue weighted by atomic mass is 9.96. The van der Waals surface area contributed by atoms with Crippen molar-refractivity contribution in [3.8, 4) is 0 Å². The molecule has 0 atom stereocenters. The van der Waals surface area contributed by atoms with Gasteiger partial charge in [-0.2, -0.15) is 0 Å². The van der Waals surface area contributed by atoms with Crippen LogP contribution in [-0.4, -0.2) is 16.6 Å². The third-order valence-electron chi connectivity index (χ3n) is 2.88. The zero-order valence-corrected chi connectivity index (χ0v) is 10.8. The molecule has 0 aliphatic heterocycles. The van der Waals surface area contributed by atoms with Crippen LogP contribution in [0.4, 0.5) is 0 Å². The van der Waals surface area contributed by atoms with Crippen molar-refractivity contribution in [2.75, 3.05) is 0 Å². The maximum atomic E-state index is 11.8. The lowest BCUT2D eigenvalue weighted by molar-refractivity contribution is -0.113. The van der Waals surface area contributed by atoms with Gasteiger partial charge in [-0.1, -0.05) is 15.9 Å². The maximum absolute atomic E-state index is 11.8. The Labute approximate surface area is 111 Å². The molecule has 1 aromatic heterocycles. The third kappa shape index (κ3) is 1.75. The lowest BCUT2D eigenvalue weighted by Crippen LogP contribution is -2.06. The van der Waals surface area contributed by atoms with Crippen molar-refractivity contribution >= 4 is 44.0 Å². The number of halogens is 1. The number of fused-ring (bicyclic) bond motifs is 1. The fourth-order valence-electron chi connectivity index (χ4n) is 2.04. The highest BCUT2D eigenvalue weighted by Crippen LogP contribution is 2.29. The number of carbonyl (C=O) groups excluding carboxylic acids is 2. The molecule has 0 bridgehead atoms. The first-order chi connectivity index (χ1) is 8.65. The van der Waals surface area contributed by atoms with Gasteiger partial charge in [0.2, 0.25) is 0 Å². The summed E-state index contributed by atoms with van der Waals surface area (Å²) in [7, 11) is 0. The molecule has 1 heterocycles. The van der Waals surface area contributed by atoms with Crippen molar-refractivity contribution in [3.63, 3.8) is 0 Å². The van der Waals surface area contributed by atoms with Gasteiger partial charge in [-0.05, 0) is 36.4 Å². The molecule has 1 aliphatic carbocycles. The number of aromatic amines is 1. The summed E-state index contributed by atoms with van der Waals surface area (Å²) in [6.45, 7) is 0. The Morgan fingerprint density at radius 2 is 1.94 bits per heavy atom. The molecule has 2 aromatic rings. The number of hydrogen-bond donors (Lipinski definition) is 1. The molecule has 1 aliphatic rings. The first-order valence-electron chi connectivity index (χ1n) is 5.40. The van der Waals surface area contributed by atoms with Crippen LogP contribution in [0.3, 0.4) is 0 Å². The zero-order chi connectivity index (χ0) is 12.7. The average molecular weight is 302 g/mol. The first kappa shape index (κ1) is 11.2. The SMILES string of the molecule is O=C1C=CC(=O)C(c2c[nH]c3ccc(Br)cc23)=C1. The van der Waals surface area contributed by atoms with Crippen molar-refractivity contribution < 1.29 is 9.59 Å². The minimum absolute atomic E-state index is 0.143. The van der Waals surface area contributed by atoms with E-state index in [1.165, 1.54) is 18.2 Å². The number of nitrogens with one attached hydrogen (secondary N) is 1. The van der Waals surface area contributed by atoms with E-state index >= 15 is 0 Å². The Hall–Kier alpha value is -1.94. The smallest absolute Gasteiger partial charge is 0.186 e. The van der Waals surface area contributed by atoms with Gasteiger partial charge in [-0.3, -0.25) is 9.59 Å². The summed E-state index contributed by atoms with van der Waals surface area (Å²) >= 11 is 3.40. The van der Waals surface area contributed by atoms with Gasteiger partial charge >= 0.3 is 0 Å². The third-order valence-corrected chi connectivity index (χ3v) is 3.38. The predicted octanol–water partition coefficient (Wildman–Crippen LogP) is 3.02. The van der Waals surface area contributed by atoms with Crippen LogP contribution in [-0.2, 0) is 9.59 Å². The number of rotatable bonds is 1.